The maximum absolute atomic E-state index is 12.0. The minimum absolute atomic E-state index is 0.183. The smallest absolute Gasteiger partial charge is 0.240 e. The molecule has 7 heteroatoms. The summed E-state index contributed by atoms with van der Waals surface area (Å²) in [6.45, 7) is 2.81. The van der Waals surface area contributed by atoms with Crippen LogP contribution in [0.25, 0.3) is 0 Å². The minimum Gasteiger partial charge on any atom is -0.493 e. The van der Waals surface area contributed by atoms with Gasteiger partial charge >= 0.3 is 0 Å². The molecule has 0 saturated heterocycles. The van der Waals surface area contributed by atoms with Gasteiger partial charge in [-0.05, 0) is 66.4 Å². The van der Waals surface area contributed by atoms with Gasteiger partial charge in [-0.1, -0.05) is 41.9 Å². The monoisotopic (exact) mass is 466 g/mol. The molecule has 0 bridgehead atoms. The van der Waals surface area contributed by atoms with E-state index in [0.29, 0.717) is 42.6 Å². The van der Waals surface area contributed by atoms with Gasteiger partial charge < -0.3 is 14.2 Å². The first kappa shape index (κ1) is 24.1. The van der Waals surface area contributed by atoms with Crippen LogP contribution in [0.15, 0.2) is 71.8 Å². The lowest BCUT2D eigenvalue weighted by atomic mass is 10.2. The van der Waals surface area contributed by atoms with Crippen LogP contribution in [-0.4, -0.2) is 25.8 Å². The molecule has 6 nitrogen and oxygen atoms in total. The summed E-state index contributed by atoms with van der Waals surface area (Å²) in [5.41, 5.74) is 5.34. The molecule has 0 aliphatic rings. The van der Waals surface area contributed by atoms with Crippen molar-refractivity contribution >= 4 is 23.7 Å². The number of halogens is 1. The van der Waals surface area contributed by atoms with Gasteiger partial charge in [-0.3, -0.25) is 4.79 Å². The summed E-state index contributed by atoms with van der Waals surface area (Å²) >= 11 is 5.94. The molecule has 33 heavy (non-hydrogen) atoms. The molecule has 0 saturated carbocycles. The number of nitrogens with zero attached hydrogens (tertiary/aromatic N) is 1. The third kappa shape index (κ3) is 7.84. The number of benzene rings is 3. The van der Waals surface area contributed by atoms with E-state index in [9.17, 15) is 4.79 Å². The fourth-order valence-corrected chi connectivity index (χ4v) is 3.27. The van der Waals surface area contributed by atoms with Crippen LogP contribution in [0, 0.1) is 6.92 Å². The second-order valence-electron chi connectivity index (χ2n) is 7.34. The number of carbonyl (C=O) groups excluding carboxylic acids is 1. The number of methoxy groups -OCH3 is 1. The summed E-state index contributed by atoms with van der Waals surface area (Å²) < 4.78 is 17.0. The Morgan fingerprint density at radius 2 is 1.79 bits per heavy atom. The summed E-state index contributed by atoms with van der Waals surface area (Å²) in [6, 6.07) is 20.8. The summed E-state index contributed by atoms with van der Waals surface area (Å²) in [5.74, 6) is 1.81. The summed E-state index contributed by atoms with van der Waals surface area (Å²) in [4.78, 5) is 12.0. The largest absolute Gasteiger partial charge is 0.493 e. The van der Waals surface area contributed by atoms with Crippen molar-refractivity contribution in [2.75, 3.05) is 13.7 Å². The van der Waals surface area contributed by atoms with Crippen LogP contribution in [0.5, 0.6) is 17.2 Å². The quantitative estimate of drug-likeness (QED) is 0.228. The van der Waals surface area contributed by atoms with Crippen molar-refractivity contribution < 1.29 is 19.0 Å². The zero-order valence-electron chi connectivity index (χ0n) is 18.7. The Kier molecular flexibility index (Phi) is 9.15. The van der Waals surface area contributed by atoms with Crippen LogP contribution < -0.4 is 19.6 Å². The number of rotatable bonds is 11. The van der Waals surface area contributed by atoms with Gasteiger partial charge in [0.1, 0.15) is 12.4 Å². The Labute approximate surface area is 199 Å². The van der Waals surface area contributed by atoms with Crippen LogP contribution in [0.3, 0.4) is 0 Å². The average molecular weight is 467 g/mol. The molecule has 0 spiro atoms. The van der Waals surface area contributed by atoms with Gasteiger partial charge in [-0.25, -0.2) is 5.43 Å². The van der Waals surface area contributed by atoms with Gasteiger partial charge in [0.05, 0.1) is 19.9 Å². The topological polar surface area (TPSA) is 69.2 Å². The highest BCUT2D eigenvalue weighted by Crippen LogP contribution is 2.28. The van der Waals surface area contributed by atoms with Crippen molar-refractivity contribution in [3.8, 4) is 17.2 Å². The molecule has 1 amide bonds. The maximum Gasteiger partial charge on any atom is 0.240 e. The molecule has 3 rings (SSSR count). The molecule has 3 aromatic rings. The van der Waals surface area contributed by atoms with Crippen molar-refractivity contribution in [3.63, 3.8) is 0 Å². The van der Waals surface area contributed by atoms with E-state index in [4.69, 9.17) is 25.8 Å². The van der Waals surface area contributed by atoms with E-state index in [-0.39, 0.29) is 5.91 Å². The highest BCUT2D eigenvalue weighted by molar-refractivity contribution is 6.30. The number of aryl methyl sites for hydroxylation is 1. The van der Waals surface area contributed by atoms with Crippen LogP contribution >= 0.6 is 11.6 Å². The second kappa shape index (κ2) is 12.5. The summed E-state index contributed by atoms with van der Waals surface area (Å²) in [5, 5.41) is 4.69. The van der Waals surface area contributed by atoms with Crippen LogP contribution in [0.2, 0.25) is 5.02 Å². The Morgan fingerprint density at radius 1 is 1.00 bits per heavy atom. The maximum atomic E-state index is 12.0. The fraction of sp³-hybridized carbons (Fsp3) is 0.231. The van der Waals surface area contributed by atoms with Crippen molar-refractivity contribution in [3.05, 3.63) is 88.4 Å². The molecule has 0 atom stereocenters. The van der Waals surface area contributed by atoms with E-state index >= 15 is 0 Å². The number of hydrogen-bond donors (Lipinski definition) is 1. The molecule has 3 aromatic carbocycles. The van der Waals surface area contributed by atoms with E-state index in [2.05, 4.69) is 10.5 Å². The first-order chi connectivity index (χ1) is 16.0. The molecule has 0 unspecified atom stereocenters. The van der Waals surface area contributed by atoms with Gasteiger partial charge in [-0.2, -0.15) is 5.10 Å². The zero-order chi connectivity index (χ0) is 23.5. The molecule has 0 aromatic heterocycles. The Hall–Kier alpha value is -3.51. The van der Waals surface area contributed by atoms with Crippen molar-refractivity contribution in [2.45, 2.75) is 26.4 Å². The molecule has 0 fully saturated rings. The van der Waals surface area contributed by atoms with Gasteiger partial charge in [0, 0.05) is 11.4 Å². The van der Waals surface area contributed by atoms with Crippen LogP contribution in [0.4, 0.5) is 0 Å². The lowest BCUT2D eigenvalue weighted by molar-refractivity contribution is -0.121. The lowest BCUT2D eigenvalue weighted by Gasteiger charge is -2.11. The predicted molar refractivity (Wildman–Crippen MR) is 130 cm³/mol. The first-order valence-electron chi connectivity index (χ1n) is 10.6. The molecular weight excluding hydrogens is 440 g/mol. The Balaban J connectivity index is 1.42. The number of ether oxygens (including phenoxy) is 3. The van der Waals surface area contributed by atoms with Gasteiger partial charge in [0.15, 0.2) is 11.5 Å². The molecule has 0 heterocycles. The van der Waals surface area contributed by atoms with E-state index in [0.717, 1.165) is 22.4 Å². The number of amides is 1. The third-order valence-electron chi connectivity index (χ3n) is 4.77. The van der Waals surface area contributed by atoms with Gasteiger partial charge in [-0.15, -0.1) is 0 Å². The van der Waals surface area contributed by atoms with E-state index in [1.807, 2.05) is 61.5 Å². The number of hydrazone groups is 1. The lowest BCUT2D eigenvalue weighted by Crippen LogP contribution is -2.18. The average Bonchev–Trinajstić information content (AvgIpc) is 2.82. The molecule has 0 radical (unpaired) electrons. The first-order valence-corrected chi connectivity index (χ1v) is 11.0. The fourth-order valence-electron chi connectivity index (χ4n) is 3.04. The molecule has 172 valence electrons. The molecule has 0 aliphatic carbocycles. The van der Waals surface area contributed by atoms with Gasteiger partial charge in [0.2, 0.25) is 5.91 Å². The van der Waals surface area contributed by atoms with Gasteiger partial charge in [0.25, 0.3) is 0 Å². The number of carbonyl (C=O) groups is 1. The van der Waals surface area contributed by atoms with Crippen molar-refractivity contribution in [2.24, 2.45) is 5.10 Å². The van der Waals surface area contributed by atoms with Crippen LogP contribution in [-0.2, 0) is 11.4 Å². The third-order valence-corrected chi connectivity index (χ3v) is 5.01. The molecular formula is C26H27ClN2O4. The Morgan fingerprint density at radius 3 is 2.55 bits per heavy atom. The normalized spacial score (nSPS) is 10.8. The second-order valence-corrected chi connectivity index (χ2v) is 7.78. The highest BCUT2D eigenvalue weighted by Gasteiger charge is 2.06. The standard InChI is InChI=1S/C26H27ClN2O4/c1-19-15-22(27)11-13-23(19)32-14-6-9-26(30)29-28-17-21-10-12-24(25(16-21)31-2)33-18-20-7-4-3-5-8-20/h3-5,7-8,10-13,15-17H,6,9,14,18H2,1-2H3,(H,29,30)/b28-17+. The number of hydrogen-bond acceptors (Lipinski definition) is 5. The van der Waals surface area contributed by atoms with E-state index < -0.39 is 0 Å². The van der Waals surface area contributed by atoms with Crippen LogP contribution in [0.1, 0.15) is 29.5 Å². The predicted octanol–water partition coefficient (Wildman–Crippen LogP) is 5.55. The summed E-state index contributed by atoms with van der Waals surface area (Å²) in [7, 11) is 1.58. The van der Waals surface area contributed by atoms with Crippen molar-refractivity contribution in [1.82, 2.24) is 5.43 Å². The molecule has 0 aliphatic heterocycles. The highest BCUT2D eigenvalue weighted by atomic mass is 35.5. The Bertz CT molecular complexity index is 1090. The van der Waals surface area contributed by atoms with E-state index in [1.165, 1.54) is 0 Å². The van der Waals surface area contributed by atoms with Crippen molar-refractivity contribution in [1.29, 1.82) is 0 Å². The van der Waals surface area contributed by atoms with E-state index in [1.54, 1.807) is 25.5 Å². The SMILES string of the molecule is COc1cc(/C=N/NC(=O)CCCOc2ccc(Cl)cc2C)ccc1OCc1ccccc1. The number of nitrogens with one attached hydrogen (secondary N) is 1. The molecule has 1 N–H and O–H groups in total. The minimum atomic E-state index is -0.183. The zero-order valence-corrected chi connectivity index (χ0v) is 19.5. The summed E-state index contributed by atoms with van der Waals surface area (Å²) in [6.07, 6.45) is 2.44.